The highest BCUT2D eigenvalue weighted by Crippen LogP contribution is 2.49. The van der Waals surface area contributed by atoms with E-state index in [1.165, 1.54) is 36.9 Å². The van der Waals surface area contributed by atoms with Gasteiger partial charge in [-0.15, -0.1) is 0 Å². The van der Waals surface area contributed by atoms with Gasteiger partial charge in [-0.2, -0.15) is 0 Å². The first-order valence-electron chi connectivity index (χ1n) is 10.8. The maximum absolute atomic E-state index is 3.85. The summed E-state index contributed by atoms with van der Waals surface area (Å²) in [6.07, 6.45) is 10.3. The molecule has 3 aliphatic rings. The van der Waals surface area contributed by atoms with Gasteiger partial charge in [-0.1, -0.05) is 64.1 Å². The van der Waals surface area contributed by atoms with E-state index in [9.17, 15) is 0 Å². The second kappa shape index (κ2) is 7.25. The van der Waals surface area contributed by atoms with Crippen molar-refractivity contribution >= 4 is 5.70 Å². The first kappa shape index (κ1) is 17.9. The molecule has 1 heteroatoms. The van der Waals surface area contributed by atoms with Gasteiger partial charge < -0.3 is 5.32 Å². The first-order chi connectivity index (χ1) is 12.6. The van der Waals surface area contributed by atoms with Gasteiger partial charge in [0.25, 0.3) is 0 Å². The van der Waals surface area contributed by atoms with Crippen LogP contribution >= 0.6 is 0 Å². The maximum atomic E-state index is 3.85. The van der Waals surface area contributed by atoms with Gasteiger partial charge in [0.1, 0.15) is 0 Å². The van der Waals surface area contributed by atoms with Gasteiger partial charge in [0.05, 0.1) is 0 Å². The van der Waals surface area contributed by atoms with E-state index in [1.807, 2.05) is 0 Å². The Kier molecular flexibility index (Phi) is 4.99. The Balaban J connectivity index is 1.88. The molecule has 2 aliphatic carbocycles. The van der Waals surface area contributed by atoms with E-state index < -0.39 is 0 Å². The minimum atomic E-state index is 0.637. The fourth-order valence-electron chi connectivity index (χ4n) is 5.83. The van der Waals surface area contributed by atoms with Crippen LogP contribution in [0.1, 0.15) is 58.1 Å². The topological polar surface area (TPSA) is 12.0 Å². The van der Waals surface area contributed by atoms with Crippen molar-refractivity contribution in [2.75, 3.05) is 6.54 Å². The summed E-state index contributed by atoms with van der Waals surface area (Å²) in [7, 11) is 0. The molecule has 0 fully saturated rings. The summed E-state index contributed by atoms with van der Waals surface area (Å²) >= 11 is 0. The van der Waals surface area contributed by atoms with E-state index in [2.05, 4.69) is 69.4 Å². The highest BCUT2D eigenvalue weighted by Gasteiger charge is 2.41. The standard InChI is InChI=1S/C25H35N/c1-16(2)13-19-14-18-9-5-6-11-21(18)25-24(23(15-26-25)17(3)4)22-12-8-7-10-20(19)22/h5-6,8-9,11-12,16-17,19-20,22-23,26H,7,10,13-15H2,1-4H3/t19-,20?,22?,23?/m0/s1. The number of rotatable bonds is 3. The summed E-state index contributed by atoms with van der Waals surface area (Å²) < 4.78 is 0. The molecule has 1 nitrogen and oxygen atoms in total. The molecule has 0 saturated carbocycles. The van der Waals surface area contributed by atoms with Gasteiger partial charge in [-0.3, -0.25) is 0 Å². The van der Waals surface area contributed by atoms with Crippen LogP contribution in [-0.4, -0.2) is 6.54 Å². The number of hydrogen-bond donors (Lipinski definition) is 1. The zero-order chi connectivity index (χ0) is 18.3. The third kappa shape index (κ3) is 3.15. The zero-order valence-corrected chi connectivity index (χ0v) is 17.0. The minimum absolute atomic E-state index is 0.637. The third-order valence-electron chi connectivity index (χ3n) is 6.97. The lowest BCUT2D eigenvalue weighted by molar-refractivity contribution is 0.211. The van der Waals surface area contributed by atoms with Crippen molar-refractivity contribution in [1.29, 1.82) is 0 Å². The van der Waals surface area contributed by atoms with Gasteiger partial charge in [-0.25, -0.2) is 0 Å². The molecule has 3 unspecified atom stereocenters. The Morgan fingerprint density at radius 2 is 1.92 bits per heavy atom. The van der Waals surface area contributed by atoms with E-state index in [0.29, 0.717) is 17.8 Å². The largest absolute Gasteiger partial charge is 0.384 e. The van der Waals surface area contributed by atoms with Gasteiger partial charge in [0.15, 0.2) is 0 Å². The van der Waals surface area contributed by atoms with Crippen LogP contribution in [0.4, 0.5) is 0 Å². The number of nitrogens with one attached hydrogen (secondary N) is 1. The summed E-state index contributed by atoms with van der Waals surface area (Å²) in [5, 5.41) is 3.85. The fraction of sp³-hybridized carbons (Fsp3) is 0.600. The van der Waals surface area contributed by atoms with Crippen LogP contribution in [0.25, 0.3) is 5.70 Å². The Hall–Kier alpha value is -1.50. The van der Waals surface area contributed by atoms with E-state index in [4.69, 9.17) is 0 Å². The molecule has 0 aromatic heterocycles. The summed E-state index contributed by atoms with van der Waals surface area (Å²) in [5.41, 5.74) is 6.25. The predicted molar refractivity (Wildman–Crippen MR) is 112 cm³/mol. The predicted octanol–water partition coefficient (Wildman–Crippen LogP) is 6.07. The number of benzene rings is 1. The van der Waals surface area contributed by atoms with Crippen molar-refractivity contribution < 1.29 is 0 Å². The smallest absolute Gasteiger partial charge is 0.0418 e. The Morgan fingerprint density at radius 3 is 2.69 bits per heavy atom. The lowest BCUT2D eigenvalue weighted by Gasteiger charge is -2.40. The number of fused-ring (bicyclic) bond motifs is 4. The summed E-state index contributed by atoms with van der Waals surface area (Å²) in [5.74, 6) is 4.38. The highest BCUT2D eigenvalue weighted by molar-refractivity contribution is 5.73. The van der Waals surface area contributed by atoms with E-state index in [1.54, 1.807) is 11.1 Å². The normalized spacial score (nSPS) is 30.5. The lowest BCUT2D eigenvalue weighted by Crippen LogP contribution is -2.32. The average Bonchev–Trinajstić information content (AvgIpc) is 3.05. The second-order valence-corrected chi connectivity index (χ2v) is 9.51. The van der Waals surface area contributed by atoms with E-state index >= 15 is 0 Å². The van der Waals surface area contributed by atoms with Crippen molar-refractivity contribution in [3.05, 3.63) is 53.1 Å². The van der Waals surface area contributed by atoms with Gasteiger partial charge in [0, 0.05) is 29.6 Å². The molecule has 1 aliphatic heterocycles. The van der Waals surface area contributed by atoms with Crippen molar-refractivity contribution in [3.8, 4) is 0 Å². The van der Waals surface area contributed by atoms with Crippen molar-refractivity contribution in [3.63, 3.8) is 0 Å². The van der Waals surface area contributed by atoms with Crippen LogP contribution in [0.2, 0.25) is 0 Å². The third-order valence-corrected chi connectivity index (χ3v) is 6.97. The zero-order valence-electron chi connectivity index (χ0n) is 17.0. The Bertz CT molecular complexity index is 709. The van der Waals surface area contributed by atoms with Crippen LogP contribution in [0, 0.1) is 35.5 Å². The maximum Gasteiger partial charge on any atom is 0.0418 e. The molecular weight excluding hydrogens is 314 g/mol. The fourth-order valence-corrected chi connectivity index (χ4v) is 5.83. The summed E-state index contributed by atoms with van der Waals surface area (Å²) in [6, 6.07) is 9.21. The van der Waals surface area contributed by atoms with Crippen LogP contribution in [0.5, 0.6) is 0 Å². The summed E-state index contributed by atoms with van der Waals surface area (Å²) in [4.78, 5) is 0. The molecule has 0 radical (unpaired) electrons. The molecular formula is C25H35N. The Labute approximate surface area is 160 Å². The highest BCUT2D eigenvalue weighted by atomic mass is 14.9. The molecule has 1 N–H and O–H groups in total. The average molecular weight is 350 g/mol. The van der Waals surface area contributed by atoms with Crippen LogP contribution in [0.3, 0.4) is 0 Å². The molecule has 26 heavy (non-hydrogen) atoms. The van der Waals surface area contributed by atoms with Crippen molar-refractivity contribution in [1.82, 2.24) is 5.32 Å². The van der Waals surface area contributed by atoms with Gasteiger partial charge in [0.2, 0.25) is 0 Å². The molecule has 0 spiro atoms. The van der Waals surface area contributed by atoms with Gasteiger partial charge >= 0.3 is 0 Å². The SMILES string of the molecule is CC(C)C[C@H]1Cc2ccccc2C2=C(C3C=CCCC31)C(C(C)C)CN2. The molecule has 1 heterocycles. The molecule has 1 aromatic rings. The van der Waals surface area contributed by atoms with E-state index in [-0.39, 0.29) is 0 Å². The van der Waals surface area contributed by atoms with Gasteiger partial charge in [-0.05, 0) is 60.5 Å². The molecule has 0 bridgehead atoms. The Morgan fingerprint density at radius 1 is 1.12 bits per heavy atom. The summed E-state index contributed by atoms with van der Waals surface area (Å²) in [6.45, 7) is 10.7. The van der Waals surface area contributed by atoms with E-state index in [0.717, 1.165) is 24.3 Å². The molecule has 4 atom stereocenters. The molecule has 140 valence electrons. The monoisotopic (exact) mass is 349 g/mol. The molecule has 1 aromatic carbocycles. The van der Waals surface area contributed by atoms with Crippen LogP contribution in [-0.2, 0) is 6.42 Å². The van der Waals surface area contributed by atoms with Crippen molar-refractivity contribution in [2.24, 2.45) is 35.5 Å². The number of hydrogen-bond acceptors (Lipinski definition) is 1. The lowest BCUT2D eigenvalue weighted by atomic mass is 9.64. The molecule has 4 rings (SSSR count). The number of allylic oxidation sites excluding steroid dienone is 2. The van der Waals surface area contributed by atoms with Crippen LogP contribution in [0.15, 0.2) is 42.0 Å². The quantitative estimate of drug-likeness (QED) is 0.653. The molecule has 0 amide bonds. The van der Waals surface area contributed by atoms with Crippen LogP contribution < -0.4 is 5.32 Å². The minimum Gasteiger partial charge on any atom is -0.384 e. The molecule has 0 saturated heterocycles. The second-order valence-electron chi connectivity index (χ2n) is 9.51. The van der Waals surface area contributed by atoms with Crippen molar-refractivity contribution in [2.45, 2.75) is 53.4 Å². The first-order valence-corrected chi connectivity index (χ1v) is 10.8.